The SMILES string of the molecule is N#C[C@]12CCCC[C@@H]1C[C@H]1CCCC[C@@]1(C#N)N2Cc1ccccc1. The molecule has 0 unspecified atom stereocenters. The molecule has 3 aliphatic rings. The third kappa shape index (κ3) is 2.49. The molecule has 3 nitrogen and oxygen atoms in total. The molecule has 0 bridgehead atoms. The van der Waals surface area contributed by atoms with Crippen molar-refractivity contribution in [3.8, 4) is 12.1 Å². The molecule has 2 saturated carbocycles. The molecule has 0 spiro atoms. The molecule has 3 fully saturated rings. The number of fused-ring (bicyclic) bond motifs is 2. The molecular weight excluding hydrogens is 306 g/mol. The Morgan fingerprint density at radius 2 is 1.44 bits per heavy atom. The Labute approximate surface area is 151 Å². The number of rotatable bonds is 2. The lowest BCUT2D eigenvalue weighted by Gasteiger charge is -2.61. The normalized spacial score (nSPS) is 38.0. The van der Waals surface area contributed by atoms with Gasteiger partial charge in [-0.25, -0.2) is 0 Å². The van der Waals surface area contributed by atoms with E-state index >= 15 is 0 Å². The van der Waals surface area contributed by atoms with Crippen LogP contribution >= 0.6 is 0 Å². The van der Waals surface area contributed by atoms with Crippen molar-refractivity contribution in [3.63, 3.8) is 0 Å². The highest BCUT2D eigenvalue weighted by molar-refractivity contribution is 5.29. The van der Waals surface area contributed by atoms with Crippen molar-refractivity contribution in [1.82, 2.24) is 4.90 Å². The van der Waals surface area contributed by atoms with Gasteiger partial charge in [0.05, 0.1) is 12.1 Å². The van der Waals surface area contributed by atoms with E-state index in [9.17, 15) is 10.5 Å². The minimum atomic E-state index is -0.447. The fourth-order valence-corrected chi connectivity index (χ4v) is 5.96. The van der Waals surface area contributed by atoms with Crippen molar-refractivity contribution in [2.24, 2.45) is 11.8 Å². The molecule has 130 valence electrons. The van der Waals surface area contributed by atoms with Crippen molar-refractivity contribution in [3.05, 3.63) is 35.9 Å². The van der Waals surface area contributed by atoms with Crippen LogP contribution in [0.15, 0.2) is 30.3 Å². The Bertz CT molecular complexity index is 660. The summed E-state index contributed by atoms with van der Waals surface area (Å²) in [6.07, 6.45) is 9.93. The van der Waals surface area contributed by atoms with Crippen LogP contribution in [0.4, 0.5) is 0 Å². The van der Waals surface area contributed by atoms with Crippen molar-refractivity contribution in [2.45, 2.75) is 75.4 Å². The predicted molar refractivity (Wildman–Crippen MR) is 97.2 cm³/mol. The molecule has 0 N–H and O–H groups in total. The van der Waals surface area contributed by atoms with Gasteiger partial charge in [-0.1, -0.05) is 56.0 Å². The molecule has 2 aliphatic carbocycles. The Kier molecular flexibility index (Phi) is 4.30. The first-order valence-electron chi connectivity index (χ1n) is 9.89. The second-order valence-corrected chi connectivity index (χ2v) is 8.26. The van der Waals surface area contributed by atoms with Crippen LogP contribution < -0.4 is 0 Å². The fourth-order valence-electron chi connectivity index (χ4n) is 5.96. The van der Waals surface area contributed by atoms with E-state index in [0.717, 1.165) is 51.5 Å². The number of piperidine rings is 1. The monoisotopic (exact) mass is 333 g/mol. The lowest BCUT2D eigenvalue weighted by molar-refractivity contribution is -0.116. The van der Waals surface area contributed by atoms with Gasteiger partial charge in [0.2, 0.25) is 0 Å². The number of nitriles is 2. The summed E-state index contributed by atoms with van der Waals surface area (Å²) in [4.78, 5) is 2.38. The predicted octanol–water partition coefficient (Wildman–Crippen LogP) is 4.80. The maximum Gasteiger partial charge on any atom is 0.113 e. The van der Waals surface area contributed by atoms with E-state index in [1.54, 1.807) is 0 Å². The molecular formula is C22H27N3. The average Bonchev–Trinajstić information content (AvgIpc) is 2.68. The summed E-state index contributed by atoms with van der Waals surface area (Å²) in [6, 6.07) is 16.0. The summed E-state index contributed by atoms with van der Waals surface area (Å²) in [5.41, 5.74) is 0.331. The van der Waals surface area contributed by atoms with E-state index < -0.39 is 11.1 Å². The summed E-state index contributed by atoms with van der Waals surface area (Å²) in [7, 11) is 0. The second-order valence-electron chi connectivity index (χ2n) is 8.26. The molecule has 0 radical (unpaired) electrons. The highest BCUT2D eigenvalue weighted by atomic mass is 15.3. The maximum atomic E-state index is 10.3. The summed E-state index contributed by atoms with van der Waals surface area (Å²) >= 11 is 0. The highest BCUT2D eigenvalue weighted by Gasteiger charge is 2.61. The zero-order chi connectivity index (χ0) is 17.3. The smallest absolute Gasteiger partial charge is 0.113 e. The van der Waals surface area contributed by atoms with Gasteiger partial charge in [-0.05, 0) is 49.5 Å². The van der Waals surface area contributed by atoms with Crippen LogP contribution in [-0.4, -0.2) is 16.0 Å². The van der Waals surface area contributed by atoms with Gasteiger partial charge in [-0.15, -0.1) is 0 Å². The summed E-state index contributed by atoms with van der Waals surface area (Å²) in [5, 5.41) is 20.6. The van der Waals surface area contributed by atoms with Gasteiger partial charge >= 0.3 is 0 Å². The highest BCUT2D eigenvalue weighted by Crippen LogP contribution is 2.56. The van der Waals surface area contributed by atoms with E-state index in [4.69, 9.17) is 0 Å². The molecule has 1 aliphatic heterocycles. The van der Waals surface area contributed by atoms with E-state index in [2.05, 4.69) is 41.3 Å². The first-order chi connectivity index (χ1) is 12.2. The van der Waals surface area contributed by atoms with Gasteiger partial charge in [-0.2, -0.15) is 10.5 Å². The molecule has 3 heteroatoms. The van der Waals surface area contributed by atoms with E-state index in [-0.39, 0.29) is 0 Å². The molecule has 1 aromatic carbocycles. The summed E-state index contributed by atoms with van der Waals surface area (Å²) in [5.74, 6) is 0.860. The number of benzene rings is 1. The topological polar surface area (TPSA) is 50.8 Å². The lowest BCUT2D eigenvalue weighted by Crippen LogP contribution is -2.70. The number of hydrogen-bond donors (Lipinski definition) is 0. The largest absolute Gasteiger partial charge is 0.262 e. The van der Waals surface area contributed by atoms with Crippen LogP contribution in [-0.2, 0) is 6.54 Å². The average molecular weight is 333 g/mol. The van der Waals surface area contributed by atoms with Crippen molar-refractivity contribution in [2.75, 3.05) is 0 Å². The zero-order valence-corrected chi connectivity index (χ0v) is 15.0. The van der Waals surface area contributed by atoms with Crippen molar-refractivity contribution < 1.29 is 0 Å². The van der Waals surface area contributed by atoms with E-state index in [0.29, 0.717) is 11.8 Å². The Hall–Kier alpha value is -1.84. The van der Waals surface area contributed by atoms with Crippen LogP contribution in [0.25, 0.3) is 0 Å². The lowest BCUT2D eigenvalue weighted by atomic mass is 9.57. The van der Waals surface area contributed by atoms with Crippen LogP contribution in [0.1, 0.15) is 63.4 Å². The van der Waals surface area contributed by atoms with Gasteiger partial charge in [-0.3, -0.25) is 4.90 Å². The fraction of sp³-hybridized carbons (Fsp3) is 0.636. The molecule has 1 saturated heterocycles. The molecule has 0 amide bonds. The van der Waals surface area contributed by atoms with E-state index in [1.165, 1.54) is 18.4 Å². The Morgan fingerprint density at radius 1 is 0.880 bits per heavy atom. The van der Waals surface area contributed by atoms with Gasteiger partial charge < -0.3 is 0 Å². The van der Waals surface area contributed by atoms with Crippen LogP contribution in [0.2, 0.25) is 0 Å². The quantitative estimate of drug-likeness (QED) is 0.781. The third-order valence-corrected chi connectivity index (χ3v) is 7.17. The van der Waals surface area contributed by atoms with Gasteiger partial charge in [0.25, 0.3) is 0 Å². The summed E-state index contributed by atoms with van der Waals surface area (Å²) in [6.45, 7) is 0.731. The van der Waals surface area contributed by atoms with Crippen LogP contribution in [0.3, 0.4) is 0 Å². The Morgan fingerprint density at radius 3 is 1.96 bits per heavy atom. The van der Waals surface area contributed by atoms with Crippen molar-refractivity contribution in [1.29, 1.82) is 10.5 Å². The number of nitrogens with zero attached hydrogens (tertiary/aromatic N) is 3. The van der Waals surface area contributed by atoms with E-state index in [1.807, 2.05) is 6.07 Å². The molecule has 0 aromatic heterocycles. The standard InChI is InChI=1S/C22H27N3/c23-16-21-12-6-4-10-19(21)14-20-11-5-7-13-22(20,17-24)25(21)15-18-8-2-1-3-9-18/h1-3,8-9,19-20H,4-7,10-15H2/t19-,20-,21-,22+/m1/s1. The maximum absolute atomic E-state index is 10.3. The first-order valence-corrected chi connectivity index (χ1v) is 9.89. The molecule has 4 atom stereocenters. The van der Waals surface area contributed by atoms with Crippen LogP contribution in [0, 0.1) is 34.5 Å². The zero-order valence-electron chi connectivity index (χ0n) is 15.0. The number of hydrogen-bond acceptors (Lipinski definition) is 3. The number of likely N-dealkylation sites (tertiary alicyclic amines) is 1. The van der Waals surface area contributed by atoms with Gasteiger partial charge in [0, 0.05) is 6.54 Å². The molecule has 25 heavy (non-hydrogen) atoms. The Balaban J connectivity index is 1.81. The minimum Gasteiger partial charge on any atom is -0.262 e. The van der Waals surface area contributed by atoms with Gasteiger partial charge in [0.1, 0.15) is 11.1 Å². The first kappa shape index (κ1) is 16.6. The second kappa shape index (κ2) is 6.47. The van der Waals surface area contributed by atoms with Gasteiger partial charge in [0.15, 0.2) is 0 Å². The summed E-state index contributed by atoms with van der Waals surface area (Å²) < 4.78 is 0. The third-order valence-electron chi connectivity index (χ3n) is 7.17. The van der Waals surface area contributed by atoms with Crippen LogP contribution in [0.5, 0.6) is 0 Å². The molecule has 4 rings (SSSR count). The molecule has 1 heterocycles. The molecule has 1 aromatic rings. The van der Waals surface area contributed by atoms with Crippen molar-refractivity contribution >= 4 is 0 Å². The minimum absolute atomic E-state index is 0.430.